The average Bonchev–Trinajstić information content (AvgIpc) is 2.85. The van der Waals surface area contributed by atoms with E-state index >= 15 is 0 Å². The van der Waals surface area contributed by atoms with Crippen LogP contribution in [0.4, 0.5) is 11.4 Å². The third-order valence-electron chi connectivity index (χ3n) is 7.47. The first-order valence-electron chi connectivity index (χ1n) is 14.4. The van der Waals surface area contributed by atoms with Gasteiger partial charge in [-0.05, 0) is 103 Å². The lowest BCUT2D eigenvalue weighted by Gasteiger charge is -2.39. The number of nitrogens with one attached hydrogen (secondary N) is 2. The van der Waals surface area contributed by atoms with Gasteiger partial charge in [0.25, 0.3) is 0 Å². The van der Waals surface area contributed by atoms with Crippen LogP contribution in [0, 0.1) is 0 Å². The Morgan fingerprint density at radius 2 is 1.39 bits per heavy atom. The fourth-order valence-corrected chi connectivity index (χ4v) is 9.74. The van der Waals surface area contributed by atoms with Gasteiger partial charge in [0.15, 0.2) is 0 Å². The lowest BCUT2D eigenvalue weighted by Crippen LogP contribution is -2.28. The van der Waals surface area contributed by atoms with Crippen LogP contribution in [-0.2, 0) is 0 Å². The average molecular weight is 507 g/mol. The molecule has 4 rings (SSSR count). The van der Waals surface area contributed by atoms with E-state index in [0.29, 0.717) is 6.04 Å². The number of anilines is 2. The van der Waals surface area contributed by atoms with Gasteiger partial charge in [-0.15, -0.1) is 0 Å². The number of rotatable bonds is 7. The van der Waals surface area contributed by atoms with Crippen molar-refractivity contribution in [3.8, 4) is 0 Å². The molecule has 5 heteroatoms. The first-order chi connectivity index (χ1) is 17.4. The molecule has 196 valence electrons. The minimum absolute atomic E-state index is 0.276. The number of nitrogens with zero attached hydrogens (tertiary/aromatic N) is 2. The van der Waals surface area contributed by atoms with Crippen LogP contribution < -0.4 is 10.6 Å². The van der Waals surface area contributed by atoms with E-state index in [-0.39, 0.29) is 14.0 Å². The van der Waals surface area contributed by atoms with E-state index in [1.807, 2.05) is 6.92 Å². The van der Waals surface area contributed by atoms with Gasteiger partial charge in [-0.2, -0.15) is 0 Å². The van der Waals surface area contributed by atoms with Gasteiger partial charge in [-0.25, -0.2) is 0 Å². The second-order valence-electron chi connectivity index (χ2n) is 11.3. The lowest BCUT2D eigenvalue weighted by molar-refractivity contribution is 0.487. The zero-order valence-corrected chi connectivity index (χ0v) is 24.1. The summed E-state index contributed by atoms with van der Waals surface area (Å²) in [6.45, 7) is 10.7. The van der Waals surface area contributed by atoms with Crippen LogP contribution in [0.1, 0.15) is 98.8 Å². The van der Waals surface area contributed by atoms with Crippen molar-refractivity contribution in [2.75, 3.05) is 10.6 Å². The highest BCUT2D eigenvalue weighted by molar-refractivity contribution is 7.76. The summed E-state index contributed by atoms with van der Waals surface area (Å²) < 4.78 is 0. The molecular weight excluding hydrogens is 459 g/mol. The second-order valence-corrected chi connectivity index (χ2v) is 14.0. The first kappa shape index (κ1) is 27.1. The van der Waals surface area contributed by atoms with Crippen molar-refractivity contribution in [3.63, 3.8) is 0 Å². The molecule has 2 aromatic carbocycles. The quantitative estimate of drug-likeness (QED) is 0.223. The predicted molar refractivity (Wildman–Crippen MR) is 163 cm³/mol. The van der Waals surface area contributed by atoms with Crippen molar-refractivity contribution in [1.29, 1.82) is 0 Å². The highest BCUT2D eigenvalue weighted by atomic mass is 31.1. The zero-order valence-electron chi connectivity index (χ0n) is 23.2. The molecule has 0 unspecified atom stereocenters. The molecule has 2 fully saturated rings. The number of amidine groups is 2. The van der Waals surface area contributed by atoms with E-state index in [2.05, 4.69) is 79.7 Å². The molecular formula is C31H47N4P. The molecule has 0 bridgehead atoms. The minimum atomic E-state index is -0.276. The van der Waals surface area contributed by atoms with Gasteiger partial charge >= 0.3 is 0 Å². The van der Waals surface area contributed by atoms with Gasteiger partial charge in [0.2, 0.25) is 0 Å². The Balaban J connectivity index is 1.63. The van der Waals surface area contributed by atoms with Crippen molar-refractivity contribution in [1.82, 2.24) is 0 Å². The molecule has 0 heterocycles. The normalized spacial score (nSPS) is 19.0. The maximum atomic E-state index is 5.29. The Kier molecular flexibility index (Phi) is 9.82. The summed E-state index contributed by atoms with van der Waals surface area (Å²) in [6, 6.07) is 13.9. The Bertz CT molecular complexity index is 1030. The fourth-order valence-electron chi connectivity index (χ4n) is 5.98. The molecule has 2 saturated carbocycles. The van der Waals surface area contributed by atoms with Gasteiger partial charge in [0, 0.05) is 28.8 Å². The van der Waals surface area contributed by atoms with Crippen LogP contribution >= 0.6 is 7.92 Å². The number of hydrogen-bond acceptors (Lipinski definition) is 2. The first-order valence-corrected chi connectivity index (χ1v) is 15.9. The third-order valence-corrected chi connectivity index (χ3v) is 10.8. The molecule has 0 aromatic heterocycles. The molecule has 0 atom stereocenters. The third kappa shape index (κ3) is 7.31. The SMILES string of the molecule is CC(=NC(C)C)Nc1cccc2cc(NC(=NC(C)C)P(C3CCCCC3)C3CCCCC3)ccc12. The Morgan fingerprint density at radius 1 is 0.778 bits per heavy atom. The van der Waals surface area contributed by atoms with Gasteiger partial charge in [-0.3, -0.25) is 9.98 Å². The maximum absolute atomic E-state index is 5.29. The lowest BCUT2D eigenvalue weighted by atomic mass is 9.99. The Morgan fingerprint density at radius 3 is 1.97 bits per heavy atom. The molecule has 0 spiro atoms. The van der Waals surface area contributed by atoms with Gasteiger partial charge < -0.3 is 10.6 Å². The maximum Gasteiger partial charge on any atom is 0.124 e. The van der Waals surface area contributed by atoms with Crippen LogP contribution in [0.25, 0.3) is 10.8 Å². The molecule has 0 radical (unpaired) electrons. The summed E-state index contributed by atoms with van der Waals surface area (Å²) in [6.07, 6.45) is 14.0. The summed E-state index contributed by atoms with van der Waals surface area (Å²) >= 11 is 0. The second kappa shape index (κ2) is 13.0. The summed E-state index contributed by atoms with van der Waals surface area (Å²) in [5, 5.41) is 9.90. The molecule has 0 amide bonds. The van der Waals surface area contributed by atoms with Crippen molar-refractivity contribution < 1.29 is 0 Å². The largest absolute Gasteiger partial charge is 0.344 e. The van der Waals surface area contributed by atoms with Crippen LogP contribution in [0.15, 0.2) is 46.4 Å². The minimum Gasteiger partial charge on any atom is -0.344 e. The molecule has 2 aromatic rings. The number of aliphatic imine (C=N–C) groups is 2. The monoisotopic (exact) mass is 506 g/mol. The highest BCUT2D eigenvalue weighted by Crippen LogP contribution is 2.57. The van der Waals surface area contributed by atoms with Gasteiger partial charge in [0.05, 0.1) is 5.84 Å². The summed E-state index contributed by atoms with van der Waals surface area (Å²) in [7, 11) is -0.276. The highest BCUT2D eigenvalue weighted by Gasteiger charge is 2.35. The van der Waals surface area contributed by atoms with Gasteiger partial charge in [-0.1, -0.05) is 56.7 Å². The van der Waals surface area contributed by atoms with E-state index in [9.17, 15) is 0 Å². The van der Waals surface area contributed by atoms with Crippen LogP contribution in [-0.4, -0.2) is 34.8 Å². The molecule has 2 N–H and O–H groups in total. The molecule has 2 aliphatic rings. The van der Waals surface area contributed by atoms with Crippen LogP contribution in [0.3, 0.4) is 0 Å². The van der Waals surface area contributed by atoms with E-state index in [1.165, 1.54) is 86.2 Å². The summed E-state index contributed by atoms with van der Waals surface area (Å²) in [5.74, 6) is 0.955. The number of fused-ring (bicyclic) bond motifs is 1. The van der Waals surface area contributed by atoms with Crippen molar-refractivity contribution in [3.05, 3.63) is 36.4 Å². The van der Waals surface area contributed by atoms with Crippen LogP contribution in [0.5, 0.6) is 0 Å². The van der Waals surface area contributed by atoms with E-state index < -0.39 is 0 Å². The number of hydrogen-bond donors (Lipinski definition) is 2. The fraction of sp³-hybridized carbons (Fsp3) is 0.613. The Hall–Kier alpha value is -1.93. The summed E-state index contributed by atoms with van der Waals surface area (Å²) in [4.78, 5) is 9.95. The smallest absolute Gasteiger partial charge is 0.124 e. The topological polar surface area (TPSA) is 48.8 Å². The van der Waals surface area contributed by atoms with Crippen molar-refractivity contribution in [2.24, 2.45) is 9.98 Å². The molecule has 0 saturated heterocycles. The summed E-state index contributed by atoms with van der Waals surface area (Å²) in [5.41, 5.74) is 5.27. The zero-order chi connectivity index (χ0) is 25.5. The number of benzene rings is 2. The van der Waals surface area contributed by atoms with E-state index in [1.54, 1.807) is 0 Å². The van der Waals surface area contributed by atoms with E-state index in [0.717, 1.165) is 22.8 Å². The van der Waals surface area contributed by atoms with Gasteiger partial charge in [0.1, 0.15) is 5.58 Å². The Labute approximate surface area is 220 Å². The van der Waals surface area contributed by atoms with Crippen molar-refractivity contribution >= 4 is 41.5 Å². The standard InChI is InChI=1S/C31H47N4P/c1-22(2)32-24(5)34-30-18-12-13-25-21-26(19-20-29(25)30)35-31(33-23(3)4)36(27-14-8-6-9-15-27)28-16-10-7-11-17-28/h12-13,18-23,27-28H,6-11,14-17H2,1-5H3,(H,32,34)(H,33,35). The molecule has 36 heavy (non-hydrogen) atoms. The molecule has 4 nitrogen and oxygen atoms in total. The predicted octanol–water partition coefficient (Wildman–Crippen LogP) is 9.40. The van der Waals surface area contributed by atoms with E-state index in [4.69, 9.17) is 4.99 Å². The molecule has 0 aliphatic heterocycles. The molecule has 2 aliphatic carbocycles. The van der Waals surface area contributed by atoms with Crippen LogP contribution in [0.2, 0.25) is 0 Å². The van der Waals surface area contributed by atoms with Crippen molar-refractivity contribution in [2.45, 2.75) is 122 Å².